The van der Waals surface area contributed by atoms with Gasteiger partial charge in [-0.1, -0.05) is 0 Å². The smallest absolute Gasteiger partial charge is 0.224 e. The van der Waals surface area contributed by atoms with Crippen molar-refractivity contribution in [3.8, 4) is 5.75 Å². The average molecular weight is 434 g/mol. The van der Waals surface area contributed by atoms with E-state index in [-0.39, 0.29) is 18.2 Å². The molecule has 32 heavy (non-hydrogen) atoms. The highest BCUT2D eigenvalue weighted by Crippen LogP contribution is 2.34. The number of carbonyl (C=O) groups is 2. The highest BCUT2D eigenvalue weighted by Gasteiger charge is 2.34. The fourth-order valence-corrected chi connectivity index (χ4v) is 4.87. The zero-order valence-electron chi connectivity index (χ0n) is 18.8. The highest BCUT2D eigenvalue weighted by atomic mass is 16.5. The Morgan fingerprint density at radius 2 is 1.78 bits per heavy atom. The minimum Gasteiger partial charge on any atom is -0.497 e. The summed E-state index contributed by atoms with van der Waals surface area (Å²) < 4.78 is 5.44. The minimum absolute atomic E-state index is 0.0758. The molecule has 0 aromatic heterocycles. The molecule has 5 rings (SSSR count). The molecular weight excluding hydrogens is 402 g/mol. The van der Waals surface area contributed by atoms with Crippen molar-refractivity contribution < 1.29 is 14.3 Å². The Balaban J connectivity index is 1.37. The largest absolute Gasteiger partial charge is 0.497 e. The highest BCUT2D eigenvalue weighted by molar-refractivity contribution is 5.99. The minimum atomic E-state index is 0.0758. The first-order valence-electron chi connectivity index (χ1n) is 11.7. The molecule has 0 atom stereocenters. The van der Waals surface area contributed by atoms with Crippen LogP contribution in [0.1, 0.15) is 48.0 Å². The van der Waals surface area contributed by atoms with Gasteiger partial charge in [0.2, 0.25) is 5.91 Å². The number of methoxy groups -OCH3 is 1. The maximum Gasteiger partial charge on any atom is 0.224 e. The molecule has 0 unspecified atom stereocenters. The molecule has 0 radical (unpaired) electrons. The number of ether oxygens (including phenoxy) is 1. The Hall–Kier alpha value is -3.02. The van der Waals surface area contributed by atoms with Crippen molar-refractivity contribution in [2.24, 2.45) is 0 Å². The number of hydrogen-bond donors (Lipinski definition) is 0. The van der Waals surface area contributed by atoms with Crippen molar-refractivity contribution >= 4 is 23.1 Å². The lowest BCUT2D eigenvalue weighted by molar-refractivity contribution is -0.132. The summed E-state index contributed by atoms with van der Waals surface area (Å²) in [4.78, 5) is 32.5. The molecule has 2 aliphatic heterocycles. The molecule has 0 bridgehead atoms. The van der Waals surface area contributed by atoms with Gasteiger partial charge < -0.3 is 19.4 Å². The number of rotatable bonds is 6. The lowest BCUT2D eigenvalue weighted by Crippen LogP contribution is -2.40. The van der Waals surface area contributed by atoms with Gasteiger partial charge in [0.1, 0.15) is 5.75 Å². The number of nitrogens with zero attached hydrogens (tertiary/aromatic N) is 3. The van der Waals surface area contributed by atoms with Gasteiger partial charge in [-0.3, -0.25) is 9.59 Å². The van der Waals surface area contributed by atoms with Crippen molar-refractivity contribution in [2.45, 2.75) is 44.7 Å². The van der Waals surface area contributed by atoms with Crippen LogP contribution in [-0.4, -0.2) is 55.9 Å². The molecule has 2 aromatic rings. The van der Waals surface area contributed by atoms with Crippen LogP contribution < -0.4 is 14.5 Å². The Bertz CT molecular complexity index is 994. The van der Waals surface area contributed by atoms with E-state index in [1.165, 1.54) is 18.5 Å². The van der Waals surface area contributed by atoms with E-state index in [4.69, 9.17) is 4.74 Å². The van der Waals surface area contributed by atoms with Crippen molar-refractivity contribution in [1.82, 2.24) is 4.90 Å². The lowest BCUT2D eigenvalue weighted by Gasteiger charge is -2.33. The first-order chi connectivity index (χ1) is 15.6. The quantitative estimate of drug-likeness (QED) is 0.647. The molecular formula is C26H31N3O3. The first kappa shape index (κ1) is 20.9. The van der Waals surface area contributed by atoms with Gasteiger partial charge in [-0.15, -0.1) is 0 Å². The van der Waals surface area contributed by atoms with Crippen LogP contribution in [0, 0.1) is 0 Å². The summed E-state index contributed by atoms with van der Waals surface area (Å²) in [5.41, 5.74) is 3.97. The van der Waals surface area contributed by atoms with E-state index in [0.717, 1.165) is 48.5 Å². The summed E-state index contributed by atoms with van der Waals surface area (Å²) in [7, 11) is 1.65. The summed E-state index contributed by atoms with van der Waals surface area (Å²) in [5.74, 6) is 1.02. The van der Waals surface area contributed by atoms with Crippen LogP contribution >= 0.6 is 0 Å². The van der Waals surface area contributed by atoms with Crippen molar-refractivity contribution in [1.29, 1.82) is 0 Å². The number of hydrogen-bond acceptors (Lipinski definition) is 5. The van der Waals surface area contributed by atoms with E-state index in [9.17, 15) is 9.59 Å². The van der Waals surface area contributed by atoms with Crippen LogP contribution in [-0.2, 0) is 11.3 Å². The number of amides is 1. The number of ketones is 1. The van der Waals surface area contributed by atoms with Gasteiger partial charge >= 0.3 is 0 Å². The normalized spacial score (nSPS) is 18.9. The number of fused-ring (bicyclic) bond motifs is 1. The Labute approximate surface area is 189 Å². The lowest BCUT2D eigenvalue weighted by atomic mass is 10.1. The van der Waals surface area contributed by atoms with Crippen LogP contribution in [0.25, 0.3) is 0 Å². The predicted octanol–water partition coefficient (Wildman–Crippen LogP) is 3.88. The van der Waals surface area contributed by atoms with E-state index in [0.29, 0.717) is 25.6 Å². The van der Waals surface area contributed by atoms with Crippen LogP contribution in [0.3, 0.4) is 0 Å². The zero-order valence-corrected chi connectivity index (χ0v) is 18.8. The maximum absolute atomic E-state index is 13.2. The molecule has 1 aliphatic carbocycles. The zero-order chi connectivity index (χ0) is 22.1. The van der Waals surface area contributed by atoms with Gasteiger partial charge in [0, 0.05) is 55.6 Å². The molecule has 168 valence electrons. The Morgan fingerprint density at radius 1 is 1.03 bits per heavy atom. The monoisotopic (exact) mass is 433 g/mol. The fourth-order valence-electron chi connectivity index (χ4n) is 4.87. The third-order valence-electron chi connectivity index (χ3n) is 6.87. The van der Waals surface area contributed by atoms with E-state index in [1.807, 2.05) is 35.2 Å². The van der Waals surface area contributed by atoms with Gasteiger partial charge in [0.25, 0.3) is 0 Å². The van der Waals surface area contributed by atoms with Crippen LogP contribution in [0.5, 0.6) is 5.75 Å². The van der Waals surface area contributed by atoms with Crippen molar-refractivity contribution in [2.75, 3.05) is 43.1 Å². The van der Waals surface area contributed by atoms with E-state index in [2.05, 4.69) is 21.9 Å². The molecule has 2 aromatic carbocycles. The molecule has 0 N–H and O–H groups in total. The molecule has 3 aliphatic rings. The summed E-state index contributed by atoms with van der Waals surface area (Å²) >= 11 is 0. The summed E-state index contributed by atoms with van der Waals surface area (Å²) in [5, 5.41) is 0. The molecule has 1 amide bonds. The van der Waals surface area contributed by atoms with Crippen LogP contribution in [0.15, 0.2) is 42.5 Å². The van der Waals surface area contributed by atoms with Gasteiger partial charge in [-0.05, 0) is 73.7 Å². The fraction of sp³-hybridized carbons (Fsp3) is 0.462. The van der Waals surface area contributed by atoms with Crippen molar-refractivity contribution in [3.05, 3.63) is 53.6 Å². The summed E-state index contributed by atoms with van der Waals surface area (Å²) in [6, 6.07) is 14.3. The number of Topliss-reactive ketones (excluding diaryl/α,β-unsaturated/α-hetero) is 1. The SMILES string of the molecule is COc1ccc2c(c1)CN(C1CC1)C(=O)CCN2CC(=O)c1ccc(N2CCCC2)cc1. The maximum atomic E-state index is 13.2. The standard InChI is InChI=1S/C26H31N3O3/c1-32-23-10-11-24-20(16-23)17-29(22-8-9-22)26(31)12-15-28(24)18-25(30)19-4-6-21(7-5-19)27-13-2-3-14-27/h4-7,10-11,16,22H,2-3,8-9,12-15,17-18H2,1H3. The van der Waals surface area contributed by atoms with Crippen LogP contribution in [0.2, 0.25) is 0 Å². The second-order valence-corrected chi connectivity index (χ2v) is 9.08. The molecule has 0 spiro atoms. The predicted molar refractivity (Wildman–Crippen MR) is 126 cm³/mol. The number of anilines is 2. The second kappa shape index (κ2) is 8.85. The van der Waals surface area contributed by atoms with Gasteiger partial charge in [0.05, 0.1) is 13.7 Å². The average Bonchev–Trinajstić information content (AvgIpc) is 3.51. The number of benzene rings is 2. The molecule has 1 saturated carbocycles. The van der Waals surface area contributed by atoms with E-state index < -0.39 is 0 Å². The summed E-state index contributed by atoms with van der Waals surface area (Å²) in [6.45, 7) is 3.56. The molecule has 6 heteroatoms. The molecule has 2 fully saturated rings. The van der Waals surface area contributed by atoms with Gasteiger partial charge in [0.15, 0.2) is 5.78 Å². The van der Waals surface area contributed by atoms with Gasteiger partial charge in [-0.2, -0.15) is 0 Å². The topological polar surface area (TPSA) is 53.1 Å². The summed E-state index contributed by atoms with van der Waals surface area (Å²) in [6.07, 6.45) is 5.07. The second-order valence-electron chi connectivity index (χ2n) is 9.08. The first-order valence-corrected chi connectivity index (χ1v) is 11.7. The van der Waals surface area contributed by atoms with Crippen LogP contribution in [0.4, 0.5) is 11.4 Å². The third-order valence-corrected chi connectivity index (χ3v) is 6.87. The number of carbonyl (C=O) groups excluding carboxylic acids is 2. The Kier molecular flexibility index (Phi) is 5.77. The van der Waals surface area contributed by atoms with Crippen molar-refractivity contribution in [3.63, 3.8) is 0 Å². The molecule has 2 heterocycles. The van der Waals surface area contributed by atoms with Gasteiger partial charge in [-0.25, -0.2) is 0 Å². The van der Waals surface area contributed by atoms with E-state index >= 15 is 0 Å². The Morgan fingerprint density at radius 3 is 2.47 bits per heavy atom. The molecule has 1 saturated heterocycles. The van der Waals surface area contributed by atoms with E-state index in [1.54, 1.807) is 7.11 Å². The third kappa shape index (κ3) is 4.31. The molecule has 6 nitrogen and oxygen atoms in total.